The lowest BCUT2D eigenvalue weighted by Gasteiger charge is -2.19. The average molecular weight is 224 g/mol. The largest absolute Gasteiger partial charge is 0.384 e. The molecule has 2 unspecified atom stereocenters. The van der Waals surface area contributed by atoms with Crippen LogP contribution < -0.4 is 11.1 Å². The highest BCUT2D eigenvalue weighted by Crippen LogP contribution is 2.30. The molecule has 0 bridgehead atoms. The molecule has 1 heterocycles. The number of hydrogen-bond donors (Lipinski definition) is 2. The van der Waals surface area contributed by atoms with Crippen molar-refractivity contribution in [3.63, 3.8) is 0 Å². The van der Waals surface area contributed by atoms with E-state index in [1.165, 1.54) is 25.6 Å². The minimum atomic E-state index is 0.520. The van der Waals surface area contributed by atoms with Crippen molar-refractivity contribution >= 4 is 23.4 Å². The van der Waals surface area contributed by atoms with Crippen LogP contribution in [0.5, 0.6) is 0 Å². The Bertz CT molecular complexity index is 331. The first-order valence-electron chi connectivity index (χ1n) is 5.16. The van der Waals surface area contributed by atoms with Gasteiger partial charge in [0.2, 0.25) is 0 Å². The summed E-state index contributed by atoms with van der Waals surface area (Å²) in [7, 11) is 0. The quantitative estimate of drug-likeness (QED) is 0.819. The van der Waals surface area contributed by atoms with Crippen LogP contribution in [0.3, 0.4) is 0 Å². The zero-order chi connectivity index (χ0) is 10.7. The van der Waals surface area contributed by atoms with Gasteiger partial charge in [-0.05, 0) is 19.1 Å². The van der Waals surface area contributed by atoms with Crippen molar-refractivity contribution in [1.29, 1.82) is 0 Å². The van der Waals surface area contributed by atoms with Crippen molar-refractivity contribution < 1.29 is 0 Å². The molecule has 0 saturated heterocycles. The first kappa shape index (κ1) is 10.5. The normalized spacial score (nSPS) is 25.4. The molecule has 1 aromatic heterocycles. The molecule has 0 aromatic carbocycles. The van der Waals surface area contributed by atoms with Crippen LogP contribution in [0.2, 0.25) is 0 Å². The second-order valence-electron chi connectivity index (χ2n) is 3.78. The number of anilines is 2. The maximum Gasteiger partial charge on any atom is 0.131 e. The van der Waals surface area contributed by atoms with E-state index in [1.807, 2.05) is 11.8 Å². The molecule has 1 aliphatic carbocycles. The van der Waals surface area contributed by atoms with Crippen LogP contribution in [0.1, 0.15) is 19.3 Å². The van der Waals surface area contributed by atoms with Crippen LogP contribution in [0.25, 0.3) is 0 Å². The van der Waals surface area contributed by atoms with Gasteiger partial charge in [-0.25, -0.2) is 9.97 Å². The van der Waals surface area contributed by atoms with Gasteiger partial charge in [-0.2, -0.15) is 11.8 Å². The van der Waals surface area contributed by atoms with E-state index in [4.69, 9.17) is 5.73 Å². The average Bonchev–Trinajstić information content (AvgIpc) is 2.65. The van der Waals surface area contributed by atoms with Crippen LogP contribution in [0, 0.1) is 0 Å². The topological polar surface area (TPSA) is 63.8 Å². The predicted octanol–water partition coefficient (Wildman–Crippen LogP) is 1.75. The van der Waals surface area contributed by atoms with E-state index in [-0.39, 0.29) is 0 Å². The van der Waals surface area contributed by atoms with Crippen LogP contribution >= 0.6 is 11.8 Å². The third-order valence-electron chi connectivity index (χ3n) is 2.78. The molecule has 1 saturated carbocycles. The maximum absolute atomic E-state index is 5.60. The number of rotatable bonds is 3. The summed E-state index contributed by atoms with van der Waals surface area (Å²) in [5.41, 5.74) is 5.60. The monoisotopic (exact) mass is 224 g/mol. The van der Waals surface area contributed by atoms with Gasteiger partial charge in [-0.15, -0.1) is 0 Å². The summed E-state index contributed by atoms with van der Waals surface area (Å²) in [6.45, 7) is 0. The molecule has 5 heteroatoms. The molecule has 1 aliphatic rings. The lowest BCUT2D eigenvalue weighted by molar-refractivity contribution is 0.763. The summed E-state index contributed by atoms with van der Waals surface area (Å²) in [4.78, 5) is 8.04. The smallest absolute Gasteiger partial charge is 0.131 e. The van der Waals surface area contributed by atoms with Crippen molar-refractivity contribution in [2.75, 3.05) is 17.3 Å². The summed E-state index contributed by atoms with van der Waals surface area (Å²) in [5, 5.41) is 4.13. The summed E-state index contributed by atoms with van der Waals surface area (Å²) in [6, 6.07) is 2.31. The van der Waals surface area contributed by atoms with Gasteiger partial charge in [0, 0.05) is 17.4 Å². The van der Waals surface area contributed by atoms with Crippen molar-refractivity contribution in [1.82, 2.24) is 9.97 Å². The van der Waals surface area contributed by atoms with Gasteiger partial charge in [-0.3, -0.25) is 0 Å². The molecule has 0 radical (unpaired) electrons. The van der Waals surface area contributed by atoms with Gasteiger partial charge in [0.1, 0.15) is 18.0 Å². The molecule has 82 valence electrons. The fraction of sp³-hybridized carbons (Fsp3) is 0.600. The number of aromatic nitrogens is 2. The highest BCUT2D eigenvalue weighted by Gasteiger charge is 2.26. The Labute approximate surface area is 94.1 Å². The molecule has 1 aromatic rings. The first-order valence-corrected chi connectivity index (χ1v) is 6.45. The van der Waals surface area contributed by atoms with E-state index in [0.29, 0.717) is 17.1 Å². The Morgan fingerprint density at radius 3 is 3.07 bits per heavy atom. The van der Waals surface area contributed by atoms with E-state index < -0.39 is 0 Å². The lowest BCUT2D eigenvalue weighted by atomic mass is 10.2. The Kier molecular flexibility index (Phi) is 3.30. The van der Waals surface area contributed by atoms with E-state index in [0.717, 1.165) is 5.82 Å². The third kappa shape index (κ3) is 2.53. The Balaban J connectivity index is 2.02. The molecule has 0 amide bonds. The minimum Gasteiger partial charge on any atom is -0.384 e. The summed E-state index contributed by atoms with van der Waals surface area (Å²) in [6.07, 6.45) is 7.47. The van der Waals surface area contributed by atoms with Crippen LogP contribution in [0.15, 0.2) is 12.4 Å². The van der Waals surface area contributed by atoms with Gasteiger partial charge >= 0.3 is 0 Å². The molecule has 2 atom stereocenters. The summed E-state index contributed by atoms with van der Waals surface area (Å²) < 4.78 is 0. The zero-order valence-electron chi connectivity index (χ0n) is 8.81. The number of nitrogens with two attached hydrogens (primary N) is 1. The fourth-order valence-corrected chi connectivity index (χ4v) is 2.95. The third-order valence-corrected chi connectivity index (χ3v) is 3.95. The Morgan fingerprint density at radius 2 is 2.33 bits per heavy atom. The molecule has 15 heavy (non-hydrogen) atoms. The second-order valence-corrected chi connectivity index (χ2v) is 4.86. The molecular weight excluding hydrogens is 208 g/mol. The van der Waals surface area contributed by atoms with Crippen LogP contribution in [0.4, 0.5) is 11.6 Å². The Hall–Kier alpha value is -0.970. The van der Waals surface area contributed by atoms with E-state index in [2.05, 4.69) is 21.5 Å². The van der Waals surface area contributed by atoms with Crippen LogP contribution in [-0.2, 0) is 0 Å². The van der Waals surface area contributed by atoms with Crippen molar-refractivity contribution in [2.24, 2.45) is 0 Å². The van der Waals surface area contributed by atoms with E-state index >= 15 is 0 Å². The standard InChI is InChI=1S/C10H16N4S/c1-15-8-4-2-3-7(8)14-10-5-9(11)12-6-13-10/h5-8H,2-4H2,1H3,(H3,11,12,13,14). The van der Waals surface area contributed by atoms with Gasteiger partial charge in [0.05, 0.1) is 0 Å². The minimum absolute atomic E-state index is 0.520. The van der Waals surface area contributed by atoms with E-state index in [1.54, 1.807) is 6.07 Å². The summed E-state index contributed by atoms with van der Waals surface area (Å²) in [5.74, 6) is 1.36. The zero-order valence-corrected chi connectivity index (χ0v) is 9.63. The molecule has 0 aliphatic heterocycles. The first-order chi connectivity index (χ1) is 7.29. The van der Waals surface area contributed by atoms with Gasteiger partial charge in [0.15, 0.2) is 0 Å². The van der Waals surface area contributed by atoms with Gasteiger partial charge in [0.25, 0.3) is 0 Å². The SMILES string of the molecule is CSC1CCCC1Nc1cc(N)ncn1. The molecular formula is C10H16N4S. The Morgan fingerprint density at radius 1 is 1.47 bits per heavy atom. The molecule has 3 N–H and O–H groups in total. The predicted molar refractivity (Wildman–Crippen MR) is 65.0 cm³/mol. The molecule has 1 fully saturated rings. The number of nitrogens with zero attached hydrogens (tertiary/aromatic N) is 2. The number of hydrogen-bond acceptors (Lipinski definition) is 5. The van der Waals surface area contributed by atoms with Crippen molar-refractivity contribution in [3.8, 4) is 0 Å². The van der Waals surface area contributed by atoms with Crippen molar-refractivity contribution in [2.45, 2.75) is 30.6 Å². The highest BCUT2D eigenvalue weighted by atomic mass is 32.2. The van der Waals surface area contributed by atoms with E-state index in [9.17, 15) is 0 Å². The second kappa shape index (κ2) is 4.70. The fourth-order valence-electron chi connectivity index (χ4n) is 2.01. The highest BCUT2D eigenvalue weighted by molar-refractivity contribution is 7.99. The van der Waals surface area contributed by atoms with Gasteiger partial charge in [-0.1, -0.05) is 6.42 Å². The molecule has 4 nitrogen and oxygen atoms in total. The molecule has 2 rings (SSSR count). The molecule has 0 spiro atoms. The van der Waals surface area contributed by atoms with Gasteiger partial charge < -0.3 is 11.1 Å². The van der Waals surface area contributed by atoms with Crippen molar-refractivity contribution in [3.05, 3.63) is 12.4 Å². The number of nitrogens with one attached hydrogen (secondary N) is 1. The number of thioether (sulfide) groups is 1. The number of nitrogen functional groups attached to an aromatic ring is 1. The van der Waals surface area contributed by atoms with Crippen LogP contribution in [-0.4, -0.2) is 27.5 Å². The summed E-state index contributed by atoms with van der Waals surface area (Å²) >= 11 is 1.93. The maximum atomic E-state index is 5.60. The lowest BCUT2D eigenvalue weighted by Crippen LogP contribution is -2.26.